The smallest absolute Gasteiger partial charge is 0.276 e. The van der Waals surface area contributed by atoms with Crippen LogP contribution in [0.15, 0.2) is 53.4 Å². The summed E-state index contributed by atoms with van der Waals surface area (Å²) in [6.45, 7) is 3.97. The van der Waals surface area contributed by atoms with Gasteiger partial charge in [0.25, 0.3) is 5.91 Å². The van der Waals surface area contributed by atoms with E-state index in [4.69, 9.17) is 9.26 Å². The summed E-state index contributed by atoms with van der Waals surface area (Å²) < 4.78 is 11.2. The number of likely N-dealkylation sites (tertiary alicyclic amines) is 1. The second-order valence-corrected chi connectivity index (χ2v) is 6.99. The molecule has 3 aromatic heterocycles. The van der Waals surface area contributed by atoms with Crippen LogP contribution in [-0.2, 0) is 0 Å². The summed E-state index contributed by atoms with van der Waals surface area (Å²) in [5.74, 6) is 1.55. The summed E-state index contributed by atoms with van der Waals surface area (Å²) in [7, 11) is 0. The van der Waals surface area contributed by atoms with E-state index in [9.17, 15) is 4.79 Å². The van der Waals surface area contributed by atoms with Gasteiger partial charge in [0.05, 0.1) is 6.61 Å². The molecule has 0 unspecified atom stereocenters. The van der Waals surface area contributed by atoms with Crippen molar-refractivity contribution in [2.45, 2.75) is 19.8 Å². The highest BCUT2D eigenvalue weighted by molar-refractivity contribution is 5.93. The highest BCUT2D eigenvalue weighted by Gasteiger charge is 2.26. The zero-order valence-electron chi connectivity index (χ0n) is 15.7. The van der Waals surface area contributed by atoms with Gasteiger partial charge < -0.3 is 14.2 Å². The second-order valence-electron chi connectivity index (χ2n) is 6.99. The van der Waals surface area contributed by atoms with E-state index in [0.29, 0.717) is 42.9 Å². The fourth-order valence-corrected chi connectivity index (χ4v) is 3.30. The molecular formula is C21H22N4O3. The van der Waals surface area contributed by atoms with E-state index in [1.807, 2.05) is 36.1 Å². The minimum Gasteiger partial charge on any atom is -0.477 e. The van der Waals surface area contributed by atoms with Crippen molar-refractivity contribution in [2.24, 2.45) is 5.92 Å². The first-order chi connectivity index (χ1) is 13.7. The minimum absolute atomic E-state index is 0.0983. The third kappa shape index (κ3) is 4.03. The predicted octanol–water partition coefficient (Wildman–Crippen LogP) is 3.37. The lowest BCUT2D eigenvalue weighted by atomic mass is 9.97. The normalized spacial score (nSPS) is 14.8. The number of aromatic nitrogens is 3. The maximum Gasteiger partial charge on any atom is 0.276 e. The van der Waals surface area contributed by atoms with Crippen LogP contribution >= 0.6 is 0 Å². The monoisotopic (exact) mass is 378 g/mol. The summed E-state index contributed by atoms with van der Waals surface area (Å²) in [5.41, 5.74) is 2.16. The quantitative estimate of drug-likeness (QED) is 0.677. The Morgan fingerprint density at radius 1 is 1.25 bits per heavy atom. The van der Waals surface area contributed by atoms with Gasteiger partial charge in [-0.05, 0) is 43.9 Å². The molecule has 28 heavy (non-hydrogen) atoms. The second kappa shape index (κ2) is 8.21. The van der Waals surface area contributed by atoms with Crippen LogP contribution in [0.3, 0.4) is 0 Å². The number of carbonyl (C=O) groups is 1. The molecule has 0 bridgehead atoms. The van der Waals surface area contributed by atoms with Crippen molar-refractivity contribution in [3.63, 3.8) is 0 Å². The number of piperidine rings is 1. The van der Waals surface area contributed by atoms with Crippen LogP contribution in [0.1, 0.15) is 28.9 Å². The number of aryl methyl sites for hydroxylation is 1. The molecule has 1 aliphatic rings. The maximum absolute atomic E-state index is 12.7. The topological polar surface area (TPSA) is 81.4 Å². The zero-order valence-corrected chi connectivity index (χ0v) is 15.7. The molecule has 1 saturated heterocycles. The third-order valence-corrected chi connectivity index (χ3v) is 4.99. The summed E-state index contributed by atoms with van der Waals surface area (Å²) in [6.07, 6.45) is 6.90. The Bertz CT molecular complexity index is 934. The third-order valence-electron chi connectivity index (χ3n) is 4.99. The average molecular weight is 378 g/mol. The van der Waals surface area contributed by atoms with Gasteiger partial charge in [-0.1, -0.05) is 11.2 Å². The summed E-state index contributed by atoms with van der Waals surface area (Å²) >= 11 is 0. The van der Waals surface area contributed by atoms with Gasteiger partial charge in [-0.3, -0.25) is 9.78 Å². The number of ether oxygens (including phenoxy) is 1. The molecule has 1 amide bonds. The molecule has 0 atom stereocenters. The number of nitrogens with zero attached hydrogens (tertiary/aromatic N) is 4. The molecule has 0 radical (unpaired) electrons. The molecule has 144 valence electrons. The molecule has 3 aromatic rings. The Morgan fingerprint density at radius 2 is 2.07 bits per heavy atom. The van der Waals surface area contributed by atoms with Crippen LogP contribution < -0.4 is 4.74 Å². The van der Waals surface area contributed by atoms with E-state index in [2.05, 4.69) is 15.1 Å². The van der Waals surface area contributed by atoms with E-state index in [1.165, 1.54) is 0 Å². The highest BCUT2D eigenvalue weighted by atomic mass is 16.5. The van der Waals surface area contributed by atoms with Gasteiger partial charge >= 0.3 is 0 Å². The van der Waals surface area contributed by atoms with Crippen LogP contribution in [0.5, 0.6) is 5.88 Å². The van der Waals surface area contributed by atoms with E-state index in [1.54, 1.807) is 24.7 Å². The van der Waals surface area contributed by atoms with Gasteiger partial charge in [0, 0.05) is 48.9 Å². The van der Waals surface area contributed by atoms with Gasteiger partial charge in [0.15, 0.2) is 11.5 Å². The first kappa shape index (κ1) is 18.2. The van der Waals surface area contributed by atoms with Gasteiger partial charge in [-0.25, -0.2) is 4.98 Å². The van der Waals surface area contributed by atoms with Crippen molar-refractivity contribution in [1.82, 2.24) is 20.0 Å². The van der Waals surface area contributed by atoms with Crippen LogP contribution in [0.25, 0.3) is 11.3 Å². The summed E-state index contributed by atoms with van der Waals surface area (Å²) in [5, 5.41) is 3.95. The molecule has 4 rings (SSSR count). The molecule has 0 spiro atoms. The van der Waals surface area contributed by atoms with Crippen molar-refractivity contribution >= 4 is 5.91 Å². The lowest BCUT2D eigenvalue weighted by molar-refractivity contribution is 0.0649. The standard InChI is InChI=1S/C21H22N4O3/c1-15-4-2-9-23-20(15)27-14-16-6-10-25(11-7-16)21(26)18-12-19(28-24-18)17-5-3-8-22-13-17/h2-5,8-9,12-13,16H,6-7,10-11,14H2,1H3. The number of amides is 1. The first-order valence-electron chi connectivity index (χ1n) is 9.41. The first-order valence-corrected chi connectivity index (χ1v) is 9.41. The highest BCUT2D eigenvalue weighted by Crippen LogP contribution is 2.23. The van der Waals surface area contributed by atoms with E-state index in [-0.39, 0.29) is 5.91 Å². The lowest BCUT2D eigenvalue weighted by Gasteiger charge is -2.31. The van der Waals surface area contributed by atoms with E-state index < -0.39 is 0 Å². The van der Waals surface area contributed by atoms with Crippen LogP contribution in [-0.4, -0.2) is 45.6 Å². The van der Waals surface area contributed by atoms with Crippen molar-refractivity contribution < 1.29 is 14.1 Å². The van der Waals surface area contributed by atoms with Crippen molar-refractivity contribution in [3.05, 3.63) is 60.2 Å². The maximum atomic E-state index is 12.7. The molecule has 1 aliphatic heterocycles. The van der Waals surface area contributed by atoms with E-state index >= 15 is 0 Å². The molecule has 1 fully saturated rings. The Morgan fingerprint density at radius 3 is 2.82 bits per heavy atom. The molecule has 0 aliphatic carbocycles. The Hall–Kier alpha value is -3.22. The van der Waals surface area contributed by atoms with Crippen LogP contribution in [0.4, 0.5) is 0 Å². The SMILES string of the molecule is Cc1cccnc1OCC1CCN(C(=O)c2cc(-c3cccnc3)on2)CC1. The van der Waals surface area contributed by atoms with Gasteiger partial charge in [-0.2, -0.15) is 0 Å². The largest absolute Gasteiger partial charge is 0.477 e. The molecule has 0 N–H and O–H groups in total. The Balaban J connectivity index is 1.31. The van der Waals surface area contributed by atoms with Crippen molar-refractivity contribution in [1.29, 1.82) is 0 Å². The van der Waals surface area contributed by atoms with Gasteiger partial charge in [0.2, 0.25) is 5.88 Å². The van der Waals surface area contributed by atoms with Crippen LogP contribution in [0.2, 0.25) is 0 Å². The summed E-state index contributed by atoms with van der Waals surface area (Å²) in [6, 6.07) is 9.25. The Kier molecular flexibility index (Phi) is 5.32. The molecule has 0 saturated carbocycles. The molecule has 0 aromatic carbocycles. The number of carbonyl (C=O) groups excluding carboxylic acids is 1. The fourth-order valence-electron chi connectivity index (χ4n) is 3.30. The lowest BCUT2D eigenvalue weighted by Crippen LogP contribution is -2.39. The van der Waals surface area contributed by atoms with Gasteiger partial charge in [0.1, 0.15) is 0 Å². The van der Waals surface area contributed by atoms with E-state index in [0.717, 1.165) is 24.0 Å². The fraction of sp³-hybridized carbons (Fsp3) is 0.333. The summed E-state index contributed by atoms with van der Waals surface area (Å²) in [4.78, 5) is 22.9. The molecule has 7 heteroatoms. The average Bonchev–Trinajstić information content (AvgIpc) is 3.24. The zero-order chi connectivity index (χ0) is 19.3. The van der Waals surface area contributed by atoms with Crippen molar-refractivity contribution in [3.8, 4) is 17.2 Å². The predicted molar refractivity (Wildman–Crippen MR) is 103 cm³/mol. The molecule has 7 nitrogen and oxygen atoms in total. The minimum atomic E-state index is -0.0983. The number of pyridine rings is 2. The number of hydrogen-bond acceptors (Lipinski definition) is 6. The molecular weight excluding hydrogens is 356 g/mol. The number of hydrogen-bond donors (Lipinski definition) is 0. The number of rotatable bonds is 5. The molecule has 4 heterocycles. The van der Waals surface area contributed by atoms with Crippen LogP contribution in [0, 0.1) is 12.8 Å². The van der Waals surface area contributed by atoms with Gasteiger partial charge in [-0.15, -0.1) is 0 Å². The van der Waals surface area contributed by atoms with Crippen molar-refractivity contribution in [2.75, 3.05) is 19.7 Å². The Labute approximate surface area is 163 Å².